The van der Waals surface area contributed by atoms with Crippen molar-refractivity contribution in [1.29, 1.82) is 0 Å². The number of methoxy groups -OCH3 is 1. The van der Waals surface area contributed by atoms with Gasteiger partial charge in [-0.2, -0.15) is 13.2 Å². The van der Waals surface area contributed by atoms with Gasteiger partial charge in [-0.05, 0) is 43.2 Å². The van der Waals surface area contributed by atoms with Crippen molar-refractivity contribution >= 4 is 23.4 Å². The van der Waals surface area contributed by atoms with Gasteiger partial charge < -0.3 is 21.1 Å². The Labute approximate surface area is 182 Å². The molecule has 1 aliphatic carbocycles. The lowest BCUT2D eigenvalue weighted by atomic mass is 9.74. The Hall–Kier alpha value is -2.11. The number of hydrogen-bond donors (Lipinski definition) is 2. The maximum atomic E-state index is 13.2. The number of halogens is 3. The minimum Gasteiger partial charge on any atom is -0.381 e. The molecule has 1 spiro atoms. The molecule has 2 aromatic heterocycles. The van der Waals surface area contributed by atoms with Gasteiger partial charge in [-0.25, -0.2) is 9.97 Å². The van der Waals surface area contributed by atoms with Crippen molar-refractivity contribution in [3.63, 3.8) is 0 Å². The molecule has 0 radical (unpaired) electrons. The van der Waals surface area contributed by atoms with Crippen LogP contribution in [0.25, 0.3) is 0 Å². The highest BCUT2D eigenvalue weighted by molar-refractivity contribution is 7.99. The van der Waals surface area contributed by atoms with E-state index in [1.54, 1.807) is 13.3 Å². The number of piperidine rings is 1. The first-order valence-electron chi connectivity index (χ1n) is 10.1. The Morgan fingerprint density at radius 2 is 2.00 bits per heavy atom. The summed E-state index contributed by atoms with van der Waals surface area (Å²) in [6, 6.07) is 2.91. The van der Waals surface area contributed by atoms with Crippen molar-refractivity contribution < 1.29 is 17.9 Å². The maximum absolute atomic E-state index is 13.2. The van der Waals surface area contributed by atoms with E-state index in [4.69, 9.17) is 16.2 Å². The summed E-state index contributed by atoms with van der Waals surface area (Å²) in [5.74, 6) is 0.713. The smallest absolute Gasteiger partial charge is 0.381 e. The average molecular weight is 455 g/mol. The third-order valence-corrected chi connectivity index (χ3v) is 7.41. The number of anilines is 2. The van der Waals surface area contributed by atoms with E-state index < -0.39 is 11.9 Å². The number of alkyl halides is 3. The third-order valence-electron chi connectivity index (χ3n) is 6.35. The molecule has 4 rings (SSSR count). The normalized spacial score (nSPS) is 23.5. The van der Waals surface area contributed by atoms with Crippen LogP contribution in [0.2, 0.25) is 0 Å². The van der Waals surface area contributed by atoms with Gasteiger partial charge in [0.05, 0.1) is 12.3 Å². The van der Waals surface area contributed by atoms with Crippen molar-refractivity contribution in [2.24, 2.45) is 11.1 Å². The number of pyridine rings is 1. The largest absolute Gasteiger partial charge is 0.434 e. The Kier molecular flexibility index (Phi) is 6.01. The van der Waals surface area contributed by atoms with Gasteiger partial charge in [-0.1, -0.05) is 11.8 Å². The van der Waals surface area contributed by atoms with Crippen molar-refractivity contribution in [3.8, 4) is 0 Å². The average Bonchev–Trinajstić information content (AvgIpc) is 3.05. The second-order valence-corrected chi connectivity index (χ2v) is 9.15. The monoisotopic (exact) mass is 454 g/mol. The van der Waals surface area contributed by atoms with E-state index >= 15 is 0 Å². The predicted octanol–water partition coefficient (Wildman–Crippen LogP) is 3.35. The van der Waals surface area contributed by atoms with Crippen LogP contribution in [0.3, 0.4) is 0 Å². The molecule has 2 aliphatic rings. The second-order valence-electron chi connectivity index (χ2n) is 8.12. The van der Waals surface area contributed by atoms with Crippen LogP contribution in [0.5, 0.6) is 0 Å². The lowest BCUT2D eigenvalue weighted by Gasteiger charge is -2.42. The fourth-order valence-corrected chi connectivity index (χ4v) is 5.44. The fourth-order valence-electron chi connectivity index (χ4n) is 4.56. The number of ether oxygens (including phenoxy) is 1. The summed E-state index contributed by atoms with van der Waals surface area (Å²) in [6.45, 7) is 1.54. The molecule has 2 fully saturated rings. The standard InChI is InChI=1S/C20H25F3N6OS/c1-30-12-9-14(24)19(10-12)4-7-29(8-5-19)15-11-27-18(17(25)28-15)31-13-3-2-6-26-16(13)20(21,22)23/h2-3,6,11-12,14H,4-5,7-10,24H2,1H3,(H2,25,28)/t12-,14+/m0/s1. The number of nitrogen functional groups attached to an aromatic ring is 1. The minimum atomic E-state index is -4.56. The lowest BCUT2D eigenvalue weighted by Crippen LogP contribution is -2.47. The molecule has 2 aromatic rings. The number of aromatic nitrogens is 3. The van der Waals surface area contributed by atoms with Crippen LogP contribution in [0, 0.1) is 5.41 Å². The third kappa shape index (κ3) is 4.44. The molecule has 0 bridgehead atoms. The number of nitrogens with zero attached hydrogens (tertiary/aromatic N) is 4. The number of hydrogen-bond acceptors (Lipinski definition) is 8. The molecule has 1 saturated carbocycles. The van der Waals surface area contributed by atoms with E-state index in [0.29, 0.717) is 5.82 Å². The van der Waals surface area contributed by atoms with Crippen LogP contribution >= 0.6 is 11.8 Å². The van der Waals surface area contributed by atoms with Crippen molar-refractivity contribution in [2.75, 3.05) is 30.8 Å². The van der Waals surface area contributed by atoms with Crippen LogP contribution in [-0.2, 0) is 10.9 Å². The lowest BCUT2D eigenvalue weighted by molar-refractivity contribution is -0.143. The molecule has 168 valence electrons. The summed E-state index contributed by atoms with van der Waals surface area (Å²) in [7, 11) is 1.73. The van der Waals surface area contributed by atoms with E-state index in [0.717, 1.165) is 56.7 Å². The zero-order chi connectivity index (χ0) is 22.2. The summed E-state index contributed by atoms with van der Waals surface area (Å²) in [6.07, 6.45) is 2.03. The molecule has 0 unspecified atom stereocenters. The highest BCUT2D eigenvalue weighted by Gasteiger charge is 2.47. The van der Waals surface area contributed by atoms with Gasteiger partial charge in [0.2, 0.25) is 0 Å². The molecule has 31 heavy (non-hydrogen) atoms. The fraction of sp³-hybridized carbons (Fsp3) is 0.550. The summed E-state index contributed by atoms with van der Waals surface area (Å²) in [5, 5.41) is 0.219. The Morgan fingerprint density at radius 1 is 1.26 bits per heavy atom. The first-order chi connectivity index (χ1) is 14.7. The van der Waals surface area contributed by atoms with Crippen molar-refractivity contribution in [3.05, 3.63) is 30.2 Å². The van der Waals surface area contributed by atoms with Crippen LogP contribution < -0.4 is 16.4 Å². The van der Waals surface area contributed by atoms with Crippen molar-refractivity contribution in [1.82, 2.24) is 15.0 Å². The molecular weight excluding hydrogens is 429 g/mol. The van der Waals surface area contributed by atoms with Gasteiger partial charge in [0.1, 0.15) is 10.8 Å². The van der Waals surface area contributed by atoms with Gasteiger partial charge in [-0.15, -0.1) is 0 Å². The van der Waals surface area contributed by atoms with Gasteiger partial charge in [0, 0.05) is 37.3 Å². The summed E-state index contributed by atoms with van der Waals surface area (Å²) < 4.78 is 45.1. The van der Waals surface area contributed by atoms with Crippen LogP contribution in [0.15, 0.2) is 34.4 Å². The molecular formula is C20H25F3N6OS. The molecule has 4 N–H and O–H groups in total. The van der Waals surface area contributed by atoms with Crippen LogP contribution in [-0.4, -0.2) is 47.3 Å². The zero-order valence-electron chi connectivity index (χ0n) is 17.1. The predicted molar refractivity (Wildman–Crippen MR) is 112 cm³/mol. The molecule has 1 aliphatic heterocycles. The quantitative estimate of drug-likeness (QED) is 0.725. The minimum absolute atomic E-state index is 0.0633. The van der Waals surface area contributed by atoms with Crippen LogP contribution in [0.4, 0.5) is 24.8 Å². The Morgan fingerprint density at radius 3 is 2.61 bits per heavy atom. The molecule has 1 saturated heterocycles. The van der Waals surface area contributed by atoms with Gasteiger partial charge in [0.25, 0.3) is 0 Å². The summed E-state index contributed by atoms with van der Waals surface area (Å²) in [4.78, 5) is 14.2. The van der Waals surface area contributed by atoms with Gasteiger partial charge in [0.15, 0.2) is 11.5 Å². The second kappa shape index (κ2) is 8.44. The SMILES string of the molecule is CO[C@H]1C[C@@H](N)C2(CCN(c3cnc(Sc4cccnc4C(F)(F)F)c(N)n3)CC2)C1. The highest BCUT2D eigenvalue weighted by atomic mass is 32.2. The topological polar surface area (TPSA) is 103 Å². The molecule has 0 amide bonds. The molecule has 11 heteroatoms. The van der Waals surface area contributed by atoms with E-state index in [1.807, 2.05) is 0 Å². The Balaban J connectivity index is 1.46. The molecule has 3 heterocycles. The molecule has 0 aromatic carbocycles. The van der Waals surface area contributed by atoms with Crippen LogP contribution in [0.1, 0.15) is 31.4 Å². The number of rotatable bonds is 4. The van der Waals surface area contributed by atoms with Gasteiger partial charge >= 0.3 is 6.18 Å². The van der Waals surface area contributed by atoms with E-state index in [1.165, 1.54) is 12.1 Å². The maximum Gasteiger partial charge on any atom is 0.434 e. The zero-order valence-corrected chi connectivity index (χ0v) is 17.9. The first-order valence-corrected chi connectivity index (χ1v) is 10.9. The molecule has 2 atom stereocenters. The molecule has 7 nitrogen and oxygen atoms in total. The van der Waals surface area contributed by atoms with E-state index in [2.05, 4.69) is 19.9 Å². The summed E-state index contributed by atoms with van der Waals surface area (Å²) >= 11 is 0.811. The van der Waals surface area contributed by atoms with Crippen molar-refractivity contribution in [2.45, 2.75) is 53.9 Å². The van der Waals surface area contributed by atoms with E-state index in [9.17, 15) is 13.2 Å². The highest BCUT2D eigenvalue weighted by Crippen LogP contribution is 2.47. The van der Waals surface area contributed by atoms with Gasteiger partial charge in [-0.3, -0.25) is 4.98 Å². The Bertz CT molecular complexity index is 935. The number of nitrogens with two attached hydrogens (primary N) is 2. The summed E-state index contributed by atoms with van der Waals surface area (Å²) in [5.41, 5.74) is 11.6. The first kappa shape index (κ1) is 22.1. The van der Waals surface area contributed by atoms with E-state index in [-0.39, 0.29) is 33.3 Å².